The van der Waals surface area contributed by atoms with Crippen molar-refractivity contribution in [3.8, 4) is 23.3 Å². The van der Waals surface area contributed by atoms with E-state index in [0.717, 1.165) is 58.3 Å². The van der Waals surface area contributed by atoms with Crippen LogP contribution in [0.1, 0.15) is 55.5 Å². The van der Waals surface area contributed by atoms with Gasteiger partial charge in [0.25, 0.3) is 0 Å². The molecule has 1 unspecified atom stereocenters. The zero-order valence-corrected chi connectivity index (χ0v) is 21.1. The molecule has 0 aromatic heterocycles. The number of rotatable bonds is 6. The van der Waals surface area contributed by atoms with Gasteiger partial charge in [0.1, 0.15) is 30.0 Å². The van der Waals surface area contributed by atoms with Gasteiger partial charge in [0, 0.05) is 23.7 Å². The number of ether oxygens (including phenoxy) is 2. The minimum atomic E-state index is -0.352. The van der Waals surface area contributed by atoms with Crippen LogP contribution in [0.2, 0.25) is 0 Å². The van der Waals surface area contributed by atoms with Crippen LogP contribution in [-0.4, -0.2) is 35.7 Å². The van der Waals surface area contributed by atoms with E-state index in [4.69, 9.17) is 9.47 Å². The molecule has 0 radical (unpaired) electrons. The Bertz CT molecular complexity index is 1320. The van der Waals surface area contributed by atoms with E-state index in [0.29, 0.717) is 18.2 Å². The zero-order chi connectivity index (χ0) is 25.2. The van der Waals surface area contributed by atoms with Gasteiger partial charge in [-0.15, -0.1) is 0 Å². The van der Waals surface area contributed by atoms with Crippen LogP contribution >= 0.6 is 0 Å². The molecular weight excluding hydrogens is 448 g/mol. The van der Waals surface area contributed by atoms with Gasteiger partial charge in [0.15, 0.2) is 0 Å². The predicted octanol–water partition coefficient (Wildman–Crippen LogP) is 6.44. The van der Waals surface area contributed by atoms with Crippen LogP contribution in [0, 0.1) is 17.2 Å². The van der Waals surface area contributed by atoms with E-state index in [1.165, 1.54) is 6.42 Å². The van der Waals surface area contributed by atoms with Crippen molar-refractivity contribution in [3.05, 3.63) is 89.0 Å². The van der Waals surface area contributed by atoms with Crippen molar-refractivity contribution in [2.75, 3.05) is 19.7 Å². The number of nitriles is 1. The van der Waals surface area contributed by atoms with Gasteiger partial charge < -0.3 is 14.6 Å². The number of benzene rings is 3. The predicted molar refractivity (Wildman–Crippen MR) is 142 cm³/mol. The summed E-state index contributed by atoms with van der Waals surface area (Å²) >= 11 is 0. The highest BCUT2D eigenvalue weighted by molar-refractivity contribution is 5.95. The SMILES string of the molecule is CC1=C(c2cccc(C#N)c2)C(c2ccc(OC[C@H](C)N3CC[C@@H](C)C3)cc2)Oc2ccc(O)cc21. The minimum Gasteiger partial charge on any atom is -0.508 e. The Morgan fingerprint density at radius 3 is 2.67 bits per heavy atom. The monoisotopic (exact) mass is 480 g/mol. The summed E-state index contributed by atoms with van der Waals surface area (Å²) in [7, 11) is 0. The molecule has 2 heterocycles. The summed E-state index contributed by atoms with van der Waals surface area (Å²) in [6, 6.07) is 23.5. The maximum absolute atomic E-state index is 10.1. The number of aromatic hydroxyl groups is 1. The number of phenols is 1. The van der Waals surface area contributed by atoms with Gasteiger partial charge in [-0.3, -0.25) is 4.90 Å². The third-order valence-corrected chi connectivity index (χ3v) is 7.33. The van der Waals surface area contributed by atoms with Gasteiger partial charge >= 0.3 is 0 Å². The van der Waals surface area contributed by atoms with Crippen molar-refractivity contribution < 1.29 is 14.6 Å². The fraction of sp³-hybridized carbons (Fsp3) is 0.323. The summed E-state index contributed by atoms with van der Waals surface area (Å²) < 4.78 is 12.6. The first kappa shape index (κ1) is 24.0. The van der Waals surface area contributed by atoms with Crippen LogP contribution in [0.15, 0.2) is 66.7 Å². The molecule has 0 bridgehead atoms. The Hall–Kier alpha value is -3.75. The standard InChI is InChI=1S/C31H32N2O3/c1-20-13-14-33(18-20)21(2)19-35-27-10-7-24(8-11-27)31-30(25-6-4-5-23(15-25)17-32)22(3)28-16-26(34)9-12-29(28)36-31/h4-12,15-16,20-21,31,34H,13-14,18-19H2,1-3H3/t20-,21+,31?/m1/s1. The lowest BCUT2D eigenvalue weighted by molar-refractivity contribution is 0.169. The maximum atomic E-state index is 10.1. The number of likely N-dealkylation sites (tertiary alicyclic amines) is 1. The topological polar surface area (TPSA) is 65.7 Å². The molecule has 3 atom stereocenters. The minimum absolute atomic E-state index is 0.194. The largest absolute Gasteiger partial charge is 0.508 e. The molecule has 184 valence electrons. The first-order valence-electron chi connectivity index (χ1n) is 12.6. The number of allylic oxidation sites excluding steroid dienone is 1. The van der Waals surface area contributed by atoms with Crippen LogP contribution in [0.25, 0.3) is 11.1 Å². The molecule has 3 aromatic rings. The first-order chi connectivity index (χ1) is 17.4. The van der Waals surface area contributed by atoms with Gasteiger partial charge in [-0.1, -0.05) is 31.2 Å². The van der Waals surface area contributed by atoms with E-state index in [9.17, 15) is 10.4 Å². The smallest absolute Gasteiger partial charge is 0.150 e. The molecule has 2 aliphatic rings. The van der Waals surface area contributed by atoms with Crippen molar-refractivity contribution >= 4 is 11.1 Å². The third-order valence-electron chi connectivity index (χ3n) is 7.33. The average molecular weight is 481 g/mol. The van der Waals surface area contributed by atoms with E-state index >= 15 is 0 Å². The van der Waals surface area contributed by atoms with Crippen LogP contribution in [0.3, 0.4) is 0 Å². The Labute approximate surface area is 213 Å². The highest BCUT2D eigenvalue weighted by atomic mass is 16.5. The van der Waals surface area contributed by atoms with Crippen molar-refractivity contribution in [2.24, 2.45) is 5.92 Å². The number of hydrogen-bond acceptors (Lipinski definition) is 5. The molecule has 0 saturated carbocycles. The lowest BCUT2D eigenvalue weighted by atomic mass is 9.85. The van der Waals surface area contributed by atoms with Crippen LogP contribution < -0.4 is 9.47 Å². The number of phenolic OH excluding ortho intramolecular Hbond substituents is 1. The lowest BCUT2D eigenvalue weighted by Crippen LogP contribution is -2.35. The number of fused-ring (bicyclic) bond motifs is 1. The zero-order valence-electron chi connectivity index (χ0n) is 21.1. The van der Waals surface area contributed by atoms with Crippen molar-refractivity contribution in [3.63, 3.8) is 0 Å². The highest BCUT2D eigenvalue weighted by Gasteiger charge is 2.30. The molecule has 1 N–H and O–H groups in total. The molecule has 5 nitrogen and oxygen atoms in total. The van der Waals surface area contributed by atoms with E-state index in [-0.39, 0.29) is 11.9 Å². The second kappa shape index (κ2) is 10.1. The Kier molecular flexibility index (Phi) is 6.71. The molecular formula is C31H32N2O3. The Morgan fingerprint density at radius 2 is 1.94 bits per heavy atom. The summed E-state index contributed by atoms with van der Waals surface area (Å²) in [4.78, 5) is 2.50. The number of hydrogen-bond donors (Lipinski definition) is 1. The summed E-state index contributed by atoms with van der Waals surface area (Å²) in [5.74, 6) is 2.52. The maximum Gasteiger partial charge on any atom is 0.150 e. The molecule has 0 aliphatic carbocycles. The van der Waals surface area contributed by atoms with E-state index in [1.54, 1.807) is 18.2 Å². The van der Waals surface area contributed by atoms with E-state index in [1.807, 2.05) is 43.3 Å². The van der Waals surface area contributed by atoms with Crippen molar-refractivity contribution in [2.45, 2.75) is 39.3 Å². The van der Waals surface area contributed by atoms with Gasteiger partial charge in [-0.05, 0) is 91.9 Å². The van der Waals surface area contributed by atoms with Gasteiger partial charge in [0.05, 0.1) is 11.6 Å². The van der Waals surface area contributed by atoms with Crippen LogP contribution in [-0.2, 0) is 0 Å². The van der Waals surface area contributed by atoms with Crippen molar-refractivity contribution in [1.82, 2.24) is 4.90 Å². The van der Waals surface area contributed by atoms with Gasteiger partial charge in [0.2, 0.25) is 0 Å². The summed E-state index contributed by atoms with van der Waals surface area (Å²) in [5, 5.41) is 19.6. The second-order valence-electron chi connectivity index (χ2n) is 10.0. The fourth-order valence-electron chi connectivity index (χ4n) is 5.23. The summed E-state index contributed by atoms with van der Waals surface area (Å²) in [6.45, 7) is 9.52. The fourth-order valence-corrected chi connectivity index (χ4v) is 5.23. The third kappa shape index (κ3) is 4.82. The van der Waals surface area contributed by atoms with Crippen molar-refractivity contribution in [1.29, 1.82) is 5.26 Å². The summed E-state index contributed by atoms with van der Waals surface area (Å²) in [6.07, 6.45) is 0.908. The van der Waals surface area contributed by atoms with Gasteiger partial charge in [-0.2, -0.15) is 5.26 Å². The molecule has 36 heavy (non-hydrogen) atoms. The van der Waals surface area contributed by atoms with E-state index < -0.39 is 0 Å². The molecule has 1 fully saturated rings. The second-order valence-corrected chi connectivity index (χ2v) is 10.0. The molecule has 0 amide bonds. The lowest BCUT2D eigenvalue weighted by Gasteiger charge is -2.31. The summed E-state index contributed by atoms with van der Waals surface area (Å²) in [5.41, 5.74) is 5.38. The van der Waals surface area contributed by atoms with Gasteiger partial charge in [-0.25, -0.2) is 0 Å². The average Bonchev–Trinajstić information content (AvgIpc) is 3.34. The first-order valence-corrected chi connectivity index (χ1v) is 12.6. The van der Waals surface area contributed by atoms with Crippen LogP contribution in [0.4, 0.5) is 0 Å². The Balaban J connectivity index is 1.42. The molecule has 1 saturated heterocycles. The normalized spacial score (nSPS) is 20.4. The number of nitrogens with zero attached hydrogens (tertiary/aromatic N) is 2. The van der Waals surface area contributed by atoms with Crippen LogP contribution in [0.5, 0.6) is 17.2 Å². The molecule has 3 aromatic carbocycles. The molecule has 5 rings (SSSR count). The van der Waals surface area contributed by atoms with E-state index in [2.05, 4.69) is 36.9 Å². The highest BCUT2D eigenvalue weighted by Crippen LogP contribution is 2.47. The molecule has 0 spiro atoms. The molecule has 5 heteroatoms. The quantitative estimate of drug-likeness (QED) is 0.440. The molecule has 2 aliphatic heterocycles. The Morgan fingerprint density at radius 1 is 1.14 bits per heavy atom.